The van der Waals surface area contributed by atoms with Crippen molar-refractivity contribution in [1.82, 2.24) is 0 Å². The van der Waals surface area contributed by atoms with E-state index >= 15 is 0 Å². The van der Waals surface area contributed by atoms with E-state index in [0.717, 1.165) is 25.7 Å². The van der Waals surface area contributed by atoms with Gasteiger partial charge in [0.15, 0.2) is 0 Å². The molecular formula is C12H25NO3. The molecule has 4 heteroatoms. The Kier molecular flexibility index (Phi) is 8.16. The predicted octanol–water partition coefficient (Wildman–Crippen LogP) is 3.15. The molecule has 1 unspecified atom stereocenters. The summed E-state index contributed by atoms with van der Waals surface area (Å²) in [5.41, 5.74) is -1.08. The molecule has 0 aromatic carbocycles. The first kappa shape index (κ1) is 15.4. The third kappa shape index (κ3) is 4.92. The molecule has 0 aromatic rings. The van der Waals surface area contributed by atoms with E-state index in [1.165, 1.54) is 12.8 Å². The zero-order valence-electron chi connectivity index (χ0n) is 10.6. The highest BCUT2D eigenvalue weighted by Gasteiger charge is 2.40. The fourth-order valence-electron chi connectivity index (χ4n) is 2.05. The van der Waals surface area contributed by atoms with E-state index in [2.05, 4.69) is 6.92 Å². The summed E-state index contributed by atoms with van der Waals surface area (Å²) in [4.78, 5) is 10.7. The summed E-state index contributed by atoms with van der Waals surface area (Å²) in [6.45, 7) is 3.73. The molecule has 0 aliphatic heterocycles. The largest absolute Gasteiger partial charge is 0.389 e. The van der Waals surface area contributed by atoms with Crippen LogP contribution in [0.2, 0.25) is 0 Å². The average Bonchev–Trinajstić information content (AvgIpc) is 2.27. The second-order valence-corrected chi connectivity index (χ2v) is 4.55. The summed E-state index contributed by atoms with van der Waals surface area (Å²) in [7, 11) is 0. The van der Waals surface area contributed by atoms with Crippen LogP contribution in [0.15, 0.2) is 0 Å². The van der Waals surface area contributed by atoms with Crippen molar-refractivity contribution in [3.63, 3.8) is 0 Å². The van der Waals surface area contributed by atoms with Gasteiger partial charge in [-0.2, -0.15) is 0 Å². The molecule has 0 fully saturated rings. The Hall–Kier alpha value is -0.640. The average molecular weight is 231 g/mol. The lowest BCUT2D eigenvalue weighted by Gasteiger charge is -2.22. The molecule has 16 heavy (non-hydrogen) atoms. The summed E-state index contributed by atoms with van der Waals surface area (Å²) in [5.74, 6) is 0. The first-order chi connectivity index (χ1) is 7.63. The van der Waals surface area contributed by atoms with Gasteiger partial charge in [-0.05, 0) is 12.8 Å². The maximum atomic E-state index is 11.0. The van der Waals surface area contributed by atoms with Crippen LogP contribution >= 0.6 is 0 Å². The first-order valence-electron chi connectivity index (χ1n) is 6.38. The molecule has 0 spiro atoms. The molecule has 1 atom stereocenters. The molecule has 0 saturated carbocycles. The minimum absolute atomic E-state index is 0.281. The molecule has 0 aliphatic rings. The molecule has 0 heterocycles. The minimum Gasteiger partial charge on any atom is -0.389 e. The maximum absolute atomic E-state index is 11.0. The summed E-state index contributed by atoms with van der Waals surface area (Å²) < 4.78 is 0. The second kappa shape index (κ2) is 8.50. The number of rotatable bonds is 10. The van der Waals surface area contributed by atoms with Crippen LogP contribution in [0.1, 0.15) is 65.2 Å². The van der Waals surface area contributed by atoms with E-state index in [0.29, 0.717) is 12.8 Å². The van der Waals surface area contributed by atoms with Crippen molar-refractivity contribution in [2.75, 3.05) is 6.61 Å². The smallest absolute Gasteiger partial charge is 0.244 e. The zero-order chi connectivity index (χ0) is 12.4. The molecule has 0 saturated heterocycles. The molecular weight excluding hydrogens is 206 g/mol. The normalized spacial score (nSPS) is 14.7. The summed E-state index contributed by atoms with van der Waals surface area (Å²) in [5, 5.41) is 20.2. The molecule has 0 bridgehead atoms. The number of aliphatic hydroxyl groups is 1. The van der Waals surface area contributed by atoms with Gasteiger partial charge in [-0.25, -0.2) is 0 Å². The molecule has 0 rings (SSSR count). The lowest BCUT2D eigenvalue weighted by atomic mass is 9.89. The molecule has 0 radical (unpaired) electrons. The number of hydrogen-bond donors (Lipinski definition) is 1. The van der Waals surface area contributed by atoms with Crippen LogP contribution in [-0.2, 0) is 0 Å². The van der Waals surface area contributed by atoms with E-state index in [9.17, 15) is 15.2 Å². The van der Waals surface area contributed by atoms with E-state index in [1.54, 1.807) is 0 Å². The monoisotopic (exact) mass is 231 g/mol. The van der Waals surface area contributed by atoms with Crippen LogP contribution < -0.4 is 0 Å². The quantitative estimate of drug-likeness (QED) is 0.357. The van der Waals surface area contributed by atoms with Crippen molar-refractivity contribution in [3.05, 3.63) is 10.1 Å². The second-order valence-electron chi connectivity index (χ2n) is 4.55. The van der Waals surface area contributed by atoms with Gasteiger partial charge in [-0.15, -0.1) is 0 Å². The van der Waals surface area contributed by atoms with Gasteiger partial charge in [0.25, 0.3) is 0 Å². The molecule has 0 aromatic heterocycles. The van der Waals surface area contributed by atoms with Crippen LogP contribution in [0.5, 0.6) is 0 Å². The third-order valence-electron chi connectivity index (χ3n) is 3.14. The van der Waals surface area contributed by atoms with Gasteiger partial charge in [0.1, 0.15) is 6.61 Å². The van der Waals surface area contributed by atoms with Crippen LogP contribution in [0, 0.1) is 10.1 Å². The van der Waals surface area contributed by atoms with Crippen molar-refractivity contribution in [2.24, 2.45) is 0 Å². The van der Waals surface area contributed by atoms with Crippen LogP contribution in [0.25, 0.3) is 0 Å². The highest BCUT2D eigenvalue weighted by molar-refractivity contribution is 4.78. The van der Waals surface area contributed by atoms with Gasteiger partial charge in [0.2, 0.25) is 5.54 Å². The van der Waals surface area contributed by atoms with E-state index in [1.807, 2.05) is 6.92 Å². The van der Waals surface area contributed by atoms with Crippen molar-refractivity contribution in [2.45, 2.75) is 70.8 Å². The van der Waals surface area contributed by atoms with Gasteiger partial charge in [0, 0.05) is 17.8 Å². The maximum Gasteiger partial charge on any atom is 0.244 e. The molecule has 96 valence electrons. The number of nitrogens with zero attached hydrogens (tertiary/aromatic N) is 1. The number of nitro groups is 1. The van der Waals surface area contributed by atoms with Gasteiger partial charge in [-0.3, -0.25) is 10.1 Å². The summed E-state index contributed by atoms with van der Waals surface area (Å²) in [6, 6.07) is 0. The van der Waals surface area contributed by atoms with E-state index in [-0.39, 0.29) is 11.5 Å². The predicted molar refractivity (Wildman–Crippen MR) is 65.1 cm³/mol. The fraction of sp³-hybridized carbons (Fsp3) is 1.00. The molecule has 4 nitrogen and oxygen atoms in total. The highest BCUT2D eigenvalue weighted by Crippen LogP contribution is 2.24. The topological polar surface area (TPSA) is 63.4 Å². The SMILES string of the molecule is CCCCCCCC(CO)(CCC)[N+](=O)[O-]. The Balaban J connectivity index is 4.05. The minimum atomic E-state index is -1.08. The van der Waals surface area contributed by atoms with Gasteiger partial charge in [-0.1, -0.05) is 39.5 Å². The van der Waals surface area contributed by atoms with Crippen molar-refractivity contribution in [3.8, 4) is 0 Å². The van der Waals surface area contributed by atoms with Gasteiger partial charge >= 0.3 is 0 Å². The molecule has 0 amide bonds. The molecule has 1 N–H and O–H groups in total. The summed E-state index contributed by atoms with van der Waals surface area (Å²) >= 11 is 0. The Morgan fingerprint density at radius 2 is 1.69 bits per heavy atom. The van der Waals surface area contributed by atoms with Crippen molar-refractivity contribution >= 4 is 0 Å². The molecule has 0 aliphatic carbocycles. The standard InChI is InChI=1S/C12H25NO3/c1-3-5-6-7-8-10-12(11-14,9-4-2)13(15)16/h14H,3-11H2,1-2H3. The van der Waals surface area contributed by atoms with Crippen LogP contribution in [-0.4, -0.2) is 22.2 Å². The van der Waals surface area contributed by atoms with Crippen LogP contribution in [0.3, 0.4) is 0 Å². The third-order valence-corrected chi connectivity index (χ3v) is 3.14. The Bertz CT molecular complexity index is 197. The summed E-state index contributed by atoms with van der Waals surface area (Å²) in [6.07, 6.45) is 7.12. The van der Waals surface area contributed by atoms with Crippen LogP contribution in [0.4, 0.5) is 0 Å². The van der Waals surface area contributed by atoms with Crippen molar-refractivity contribution in [1.29, 1.82) is 0 Å². The van der Waals surface area contributed by atoms with E-state index < -0.39 is 5.54 Å². The Morgan fingerprint density at radius 3 is 2.12 bits per heavy atom. The number of aliphatic hydroxyl groups excluding tert-OH is 1. The highest BCUT2D eigenvalue weighted by atomic mass is 16.6. The Morgan fingerprint density at radius 1 is 1.06 bits per heavy atom. The van der Waals surface area contributed by atoms with E-state index in [4.69, 9.17) is 0 Å². The lowest BCUT2D eigenvalue weighted by Crippen LogP contribution is -2.42. The Labute approximate surface area is 98.2 Å². The fourth-order valence-corrected chi connectivity index (χ4v) is 2.05. The van der Waals surface area contributed by atoms with Crippen molar-refractivity contribution < 1.29 is 10.0 Å². The number of unbranched alkanes of at least 4 members (excludes halogenated alkanes) is 4. The van der Waals surface area contributed by atoms with Gasteiger partial charge in [0.05, 0.1) is 0 Å². The van der Waals surface area contributed by atoms with Gasteiger partial charge < -0.3 is 5.11 Å². The first-order valence-corrected chi connectivity index (χ1v) is 6.38. The lowest BCUT2D eigenvalue weighted by molar-refractivity contribution is -0.576. The number of hydrogen-bond acceptors (Lipinski definition) is 3. The zero-order valence-corrected chi connectivity index (χ0v) is 10.6.